The molecule has 0 atom stereocenters. The maximum Gasteiger partial charge on any atom is 0.335 e. The van der Waals surface area contributed by atoms with Gasteiger partial charge in [-0.05, 0) is 37.6 Å². The van der Waals surface area contributed by atoms with Crippen LogP contribution in [0.2, 0.25) is 0 Å². The van der Waals surface area contributed by atoms with Gasteiger partial charge < -0.3 is 15.7 Å². The molecule has 2 aromatic rings. The predicted molar refractivity (Wildman–Crippen MR) is 80.8 cm³/mol. The summed E-state index contributed by atoms with van der Waals surface area (Å²) in [5.41, 5.74) is 2.17. The molecule has 21 heavy (non-hydrogen) atoms. The molecule has 0 saturated heterocycles. The summed E-state index contributed by atoms with van der Waals surface area (Å²) in [4.78, 5) is 26.9. The summed E-state index contributed by atoms with van der Waals surface area (Å²) in [7, 11) is 0. The minimum Gasteiger partial charge on any atom is -0.478 e. The van der Waals surface area contributed by atoms with Crippen LogP contribution in [0.1, 0.15) is 26.6 Å². The fourth-order valence-corrected chi connectivity index (χ4v) is 2.43. The first-order chi connectivity index (χ1) is 9.95. The van der Waals surface area contributed by atoms with E-state index in [9.17, 15) is 9.59 Å². The van der Waals surface area contributed by atoms with Gasteiger partial charge >= 0.3 is 12.0 Å². The fourth-order valence-electron chi connectivity index (χ4n) is 1.82. The molecule has 0 radical (unpaired) electrons. The van der Waals surface area contributed by atoms with E-state index in [1.807, 2.05) is 12.3 Å². The van der Waals surface area contributed by atoms with Crippen LogP contribution in [0.3, 0.4) is 0 Å². The number of aryl methyl sites for hydroxylation is 2. The number of carboxylic acids is 1. The van der Waals surface area contributed by atoms with Crippen molar-refractivity contribution in [2.75, 3.05) is 5.32 Å². The highest BCUT2D eigenvalue weighted by Gasteiger charge is 2.09. The minimum atomic E-state index is -0.984. The Labute approximate surface area is 125 Å². The van der Waals surface area contributed by atoms with Crippen molar-refractivity contribution in [3.05, 3.63) is 45.4 Å². The highest BCUT2D eigenvalue weighted by molar-refractivity contribution is 7.09. The lowest BCUT2D eigenvalue weighted by atomic mass is 10.1. The van der Waals surface area contributed by atoms with Crippen LogP contribution in [-0.2, 0) is 6.54 Å². The van der Waals surface area contributed by atoms with Crippen LogP contribution < -0.4 is 10.6 Å². The van der Waals surface area contributed by atoms with E-state index in [-0.39, 0.29) is 11.6 Å². The summed E-state index contributed by atoms with van der Waals surface area (Å²) in [5.74, 6) is -0.984. The van der Waals surface area contributed by atoms with Gasteiger partial charge in [-0.15, -0.1) is 11.3 Å². The Morgan fingerprint density at radius 3 is 2.67 bits per heavy atom. The summed E-state index contributed by atoms with van der Waals surface area (Å²) in [6.45, 7) is 3.94. The number of thiazole rings is 1. The summed E-state index contributed by atoms with van der Waals surface area (Å²) in [6.07, 6.45) is 0. The molecule has 0 saturated carbocycles. The third-order valence-corrected chi connectivity index (χ3v) is 3.63. The number of aromatic nitrogens is 1. The molecule has 1 aromatic carbocycles. The molecule has 7 heteroatoms. The number of amides is 2. The lowest BCUT2D eigenvalue weighted by Gasteiger charge is -2.08. The van der Waals surface area contributed by atoms with Gasteiger partial charge in [0.15, 0.2) is 0 Å². The van der Waals surface area contributed by atoms with Crippen molar-refractivity contribution in [3.8, 4) is 0 Å². The van der Waals surface area contributed by atoms with Crippen LogP contribution in [-0.4, -0.2) is 22.1 Å². The molecule has 0 aliphatic rings. The van der Waals surface area contributed by atoms with Crippen molar-refractivity contribution >= 4 is 29.0 Å². The Hall–Kier alpha value is -2.41. The molecule has 1 aromatic heterocycles. The second kappa shape index (κ2) is 6.36. The standard InChI is InChI=1S/C14H15N3O3S/c1-8-5-10(3-4-12(8)13(18)19)17-14(20)15-6-11-7-21-9(2)16-11/h3-5,7H,6H2,1-2H3,(H,18,19)(H2,15,17,20). The van der Waals surface area contributed by atoms with Crippen molar-refractivity contribution in [3.63, 3.8) is 0 Å². The zero-order valence-electron chi connectivity index (χ0n) is 11.6. The Balaban J connectivity index is 1.93. The van der Waals surface area contributed by atoms with Gasteiger partial charge in [-0.2, -0.15) is 0 Å². The van der Waals surface area contributed by atoms with Gasteiger partial charge in [0.05, 0.1) is 22.8 Å². The van der Waals surface area contributed by atoms with E-state index < -0.39 is 5.97 Å². The highest BCUT2D eigenvalue weighted by atomic mass is 32.1. The molecule has 110 valence electrons. The van der Waals surface area contributed by atoms with Crippen molar-refractivity contribution in [2.24, 2.45) is 0 Å². The van der Waals surface area contributed by atoms with Crippen molar-refractivity contribution in [2.45, 2.75) is 20.4 Å². The van der Waals surface area contributed by atoms with Gasteiger partial charge in [0.2, 0.25) is 0 Å². The molecule has 3 N–H and O–H groups in total. The average molecular weight is 305 g/mol. The number of hydrogen-bond acceptors (Lipinski definition) is 4. The van der Waals surface area contributed by atoms with E-state index in [2.05, 4.69) is 15.6 Å². The summed E-state index contributed by atoms with van der Waals surface area (Å²) >= 11 is 1.53. The second-order valence-corrected chi connectivity index (χ2v) is 5.56. The first-order valence-corrected chi connectivity index (χ1v) is 7.13. The molecule has 0 aliphatic carbocycles. The topological polar surface area (TPSA) is 91.3 Å². The number of hydrogen-bond donors (Lipinski definition) is 3. The maximum absolute atomic E-state index is 11.8. The van der Waals surface area contributed by atoms with E-state index >= 15 is 0 Å². The summed E-state index contributed by atoms with van der Waals surface area (Å²) < 4.78 is 0. The molecule has 6 nitrogen and oxygen atoms in total. The van der Waals surface area contributed by atoms with E-state index in [0.717, 1.165) is 10.7 Å². The molecule has 0 unspecified atom stereocenters. The van der Waals surface area contributed by atoms with Crippen LogP contribution in [0.15, 0.2) is 23.6 Å². The van der Waals surface area contributed by atoms with Gasteiger partial charge in [-0.25, -0.2) is 14.6 Å². The monoisotopic (exact) mass is 305 g/mol. The normalized spacial score (nSPS) is 10.2. The Morgan fingerprint density at radius 2 is 2.10 bits per heavy atom. The number of anilines is 1. The second-order valence-electron chi connectivity index (χ2n) is 4.50. The van der Waals surface area contributed by atoms with Gasteiger partial charge in [0, 0.05) is 11.1 Å². The van der Waals surface area contributed by atoms with Crippen molar-refractivity contribution in [1.82, 2.24) is 10.3 Å². The third-order valence-electron chi connectivity index (χ3n) is 2.81. The first kappa shape index (κ1) is 15.0. The molecule has 1 heterocycles. The largest absolute Gasteiger partial charge is 0.478 e. The molecule has 0 fully saturated rings. The van der Waals surface area contributed by atoms with Crippen LogP contribution in [0.4, 0.5) is 10.5 Å². The number of benzene rings is 1. The van der Waals surface area contributed by atoms with Crippen molar-refractivity contribution < 1.29 is 14.7 Å². The van der Waals surface area contributed by atoms with Crippen LogP contribution in [0.5, 0.6) is 0 Å². The Bertz CT molecular complexity index is 682. The predicted octanol–water partition coefficient (Wildman–Crippen LogP) is 2.78. The number of rotatable bonds is 4. The lowest BCUT2D eigenvalue weighted by molar-refractivity contribution is 0.0696. The van der Waals surface area contributed by atoms with Gasteiger partial charge in [0.1, 0.15) is 0 Å². The van der Waals surface area contributed by atoms with Gasteiger partial charge in [0.25, 0.3) is 0 Å². The lowest BCUT2D eigenvalue weighted by Crippen LogP contribution is -2.28. The number of aromatic carboxylic acids is 1. The number of urea groups is 1. The van der Waals surface area contributed by atoms with Crippen LogP contribution in [0, 0.1) is 13.8 Å². The van der Waals surface area contributed by atoms with E-state index in [4.69, 9.17) is 5.11 Å². The van der Waals surface area contributed by atoms with Crippen LogP contribution in [0.25, 0.3) is 0 Å². The Morgan fingerprint density at radius 1 is 1.33 bits per heavy atom. The van der Waals surface area contributed by atoms with Crippen molar-refractivity contribution in [1.29, 1.82) is 0 Å². The minimum absolute atomic E-state index is 0.221. The summed E-state index contributed by atoms with van der Waals surface area (Å²) in [5, 5.41) is 17.1. The van der Waals surface area contributed by atoms with Gasteiger partial charge in [-0.1, -0.05) is 0 Å². The fraction of sp³-hybridized carbons (Fsp3) is 0.214. The Kier molecular flexibility index (Phi) is 4.54. The maximum atomic E-state index is 11.8. The van der Waals surface area contributed by atoms with E-state index in [1.165, 1.54) is 17.4 Å². The number of nitrogens with one attached hydrogen (secondary N) is 2. The molecule has 0 aliphatic heterocycles. The van der Waals surface area contributed by atoms with E-state index in [0.29, 0.717) is 17.8 Å². The molecule has 0 spiro atoms. The quantitative estimate of drug-likeness (QED) is 0.810. The summed E-state index contributed by atoms with van der Waals surface area (Å²) in [6, 6.07) is 4.29. The number of carbonyl (C=O) groups is 2. The number of carbonyl (C=O) groups excluding carboxylic acids is 1. The first-order valence-electron chi connectivity index (χ1n) is 6.25. The molecule has 2 amide bonds. The SMILES string of the molecule is Cc1nc(CNC(=O)Nc2ccc(C(=O)O)c(C)c2)cs1. The molecular weight excluding hydrogens is 290 g/mol. The van der Waals surface area contributed by atoms with Crippen LogP contribution >= 0.6 is 11.3 Å². The zero-order valence-corrected chi connectivity index (χ0v) is 12.5. The number of nitrogens with zero attached hydrogens (tertiary/aromatic N) is 1. The zero-order chi connectivity index (χ0) is 15.4. The number of carboxylic acid groups (broad SMARTS) is 1. The van der Waals surface area contributed by atoms with Gasteiger partial charge in [-0.3, -0.25) is 0 Å². The average Bonchev–Trinajstić information content (AvgIpc) is 2.82. The highest BCUT2D eigenvalue weighted by Crippen LogP contribution is 2.15. The van der Waals surface area contributed by atoms with E-state index in [1.54, 1.807) is 19.1 Å². The third kappa shape index (κ3) is 4.03. The molecule has 0 bridgehead atoms. The smallest absolute Gasteiger partial charge is 0.335 e. The molecular formula is C14H15N3O3S. The molecule has 2 rings (SSSR count).